The summed E-state index contributed by atoms with van der Waals surface area (Å²) in [5.41, 5.74) is 0.335. The van der Waals surface area contributed by atoms with Crippen LogP contribution in [-0.4, -0.2) is 9.78 Å². The summed E-state index contributed by atoms with van der Waals surface area (Å²) in [4.78, 5) is 0. The molecule has 2 rings (SSSR count). The molecule has 1 aromatic carbocycles. The molecule has 1 aromatic heterocycles. The standard InChI is InChI=1S/C12H11F3N2/c1-2-9-8-11(12(13,14)15)16-17(9)10-6-4-3-5-7-10/h3-8H,2H2,1H3. The maximum Gasteiger partial charge on any atom is 0.435 e. The second-order valence-corrected chi connectivity index (χ2v) is 3.62. The monoisotopic (exact) mass is 240 g/mol. The van der Waals surface area contributed by atoms with E-state index < -0.39 is 11.9 Å². The molecule has 0 fully saturated rings. The second kappa shape index (κ2) is 4.24. The van der Waals surface area contributed by atoms with Crippen LogP contribution in [0.2, 0.25) is 0 Å². The number of benzene rings is 1. The van der Waals surface area contributed by atoms with Gasteiger partial charge in [0.25, 0.3) is 0 Å². The van der Waals surface area contributed by atoms with Gasteiger partial charge < -0.3 is 0 Å². The molecule has 0 aliphatic rings. The largest absolute Gasteiger partial charge is 0.435 e. The molecule has 5 heteroatoms. The average Bonchev–Trinajstić information content (AvgIpc) is 2.73. The molecule has 2 aromatic rings. The highest BCUT2D eigenvalue weighted by Gasteiger charge is 2.34. The fourth-order valence-electron chi connectivity index (χ4n) is 1.60. The van der Waals surface area contributed by atoms with Crippen molar-refractivity contribution in [2.75, 3.05) is 0 Å². The summed E-state index contributed by atoms with van der Waals surface area (Å²) in [6.07, 6.45) is -3.90. The Labute approximate surface area is 96.7 Å². The first kappa shape index (κ1) is 11.7. The Hall–Kier alpha value is -1.78. The van der Waals surface area contributed by atoms with E-state index in [1.54, 1.807) is 31.2 Å². The predicted molar refractivity (Wildman–Crippen MR) is 57.9 cm³/mol. The van der Waals surface area contributed by atoms with Gasteiger partial charge >= 0.3 is 6.18 Å². The molecule has 0 spiro atoms. The van der Waals surface area contributed by atoms with Gasteiger partial charge in [-0.2, -0.15) is 18.3 Å². The maximum atomic E-state index is 12.6. The number of hydrogen-bond donors (Lipinski definition) is 0. The predicted octanol–water partition coefficient (Wildman–Crippen LogP) is 3.45. The van der Waals surface area contributed by atoms with Gasteiger partial charge in [0.2, 0.25) is 0 Å². The minimum absolute atomic E-state index is 0.498. The van der Waals surface area contributed by atoms with Gasteiger partial charge in [0, 0.05) is 5.69 Å². The zero-order chi connectivity index (χ0) is 12.5. The van der Waals surface area contributed by atoms with Crippen LogP contribution in [0, 0.1) is 0 Å². The van der Waals surface area contributed by atoms with Crippen LogP contribution in [0.5, 0.6) is 0 Å². The number of nitrogens with zero attached hydrogens (tertiary/aromatic N) is 2. The summed E-state index contributed by atoms with van der Waals surface area (Å²) in [5, 5.41) is 3.61. The van der Waals surface area contributed by atoms with Crippen molar-refractivity contribution in [1.82, 2.24) is 9.78 Å². The van der Waals surface area contributed by atoms with E-state index >= 15 is 0 Å². The third kappa shape index (κ3) is 2.33. The molecule has 0 saturated heterocycles. The van der Waals surface area contributed by atoms with Crippen molar-refractivity contribution < 1.29 is 13.2 Å². The number of para-hydroxylation sites is 1. The lowest BCUT2D eigenvalue weighted by molar-refractivity contribution is -0.141. The summed E-state index contributed by atoms with van der Waals surface area (Å²) in [6.45, 7) is 1.80. The highest BCUT2D eigenvalue weighted by Crippen LogP contribution is 2.29. The fourth-order valence-corrected chi connectivity index (χ4v) is 1.60. The van der Waals surface area contributed by atoms with Crippen LogP contribution in [-0.2, 0) is 12.6 Å². The Balaban J connectivity index is 2.51. The smallest absolute Gasteiger partial charge is 0.237 e. The molecule has 0 aliphatic carbocycles. The van der Waals surface area contributed by atoms with Crippen LogP contribution in [0.4, 0.5) is 13.2 Å². The minimum Gasteiger partial charge on any atom is -0.237 e. The SMILES string of the molecule is CCc1cc(C(F)(F)F)nn1-c1ccccc1. The van der Waals surface area contributed by atoms with Crippen LogP contribution in [0.3, 0.4) is 0 Å². The van der Waals surface area contributed by atoms with Gasteiger partial charge in [0.15, 0.2) is 5.69 Å². The van der Waals surface area contributed by atoms with E-state index in [9.17, 15) is 13.2 Å². The van der Waals surface area contributed by atoms with Crippen molar-refractivity contribution in [3.8, 4) is 5.69 Å². The molecule has 0 aliphatic heterocycles. The van der Waals surface area contributed by atoms with Crippen molar-refractivity contribution in [1.29, 1.82) is 0 Å². The summed E-state index contributed by atoms with van der Waals surface area (Å²) in [7, 11) is 0. The van der Waals surface area contributed by atoms with Crippen molar-refractivity contribution in [3.63, 3.8) is 0 Å². The summed E-state index contributed by atoms with van der Waals surface area (Å²) in [5.74, 6) is 0. The molecule has 0 atom stereocenters. The molecule has 0 N–H and O–H groups in total. The third-order valence-corrected chi connectivity index (χ3v) is 2.44. The van der Waals surface area contributed by atoms with Gasteiger partial charge in [0.05, 0.1) is 5.69 Å². The molecular weight excluding hydrogens is 229 g/mol. The zero-order valence-electron chi connectivity index (χ0n) is 9.20. The first-order valence-electron chi connectivity index (χ1n) is 5.24. The molecule has 0 saturated carbocycles. The van der Waals surface area contributed by atoms with Gasteiger partial charge in [-0.1, -0.05) is 25.1 Å². The van der Waals surface area contributed by atoms with Crippen molar-refractivity contribution in [2.24, 2.45) is 0 Å². The molecule has 0 bridgehead atoms. The van der Waals surface area contributed by atoms with Crippen LogP contribution in [0.25, 0.3) is 5.69 Å². The number of aromatic nitrogens is 2. The second-order valence-electron chi connectivity index (χ2n) is 3.62. The van der Waals surface area contributed by atoms with Crippen LogP contribution < -0.4 is 0 Å². The zero-order valence-corrected chi connectivity index (χ0v) is 9.20. The van der Waals surface area contributed by atoms with Crippen molar-refractivity contribution >= 4 is 0 Å². The summed E-state index contributed by atoms with van der Waals surface area (Å²) in [6, 6.07) is 9.89. The number of hydrogen-bond acceptors (Lipinski definition) is 1. The Kier molecular flexibility index (Phi) is 2.92. The average molecular weight is 240 g/mol. The van der Waals surface area contributed by atoms with E-state index in [0.29, 0.717) is 17.8 Å². The normalized spacial score (nSPS) is 11.8. The Morgan fingerprint density at radius 1 is 1.18 bits per heavy atom. The topological polar surface area (TPSA) is 17.8 Å². The first-order valence-corrected chi connectivity index (χ1v) is 5.24. The number of alkyl halides is 3. The van der Waals surface area contributed by atoms with Crippen molar-refractivity contribution in [2.45, 2.75) is 19.5 Å². The lowest BCUT2D eigenvalue weighted by Gasteiger charge is -2.05. The van der Waals surface area contributed by atoms with E-state index in [4.69, 9.17) is 0 Å². The lowest BCUT2D eigenvalue weighted by Crippen LogP contribution is -2.07. The van der Waals surface area contributed by atoms with Crippen molar-refractivity contribution in [3.05, 3.63) is 47.8 Å². The number of rotatable bonds is 2. The Morgan fingerprint density at radius 2 is 1.82 bits per heavy atom. The van der Waals surface area contributed by atoms with E-state index in [-0.39, 0.29) is 0 Å². The molecular formula is C12H11F3N2. The highest BCUT2D eigenvalue weighted by atomic mass is 19.4. The van der Waals surface area contributed by atoms with E-state index in [1.807, 2.05) is 6.07 Å². The summed E-state index contributed by atoms with van der Waals surface area (Å²) >= 11 is 0. The first-order chi connectivity index (χ1) is 8.02. The number of aryl methyl sites for hydroxylation is 1. The molecule has 17 heavy (non-hydrogen) atoms. The quantitative estimate of drug-likeness (QED) is 0.786. The molecule has 0 amide bonds. The Bertz CT molecular complexity index is 500. The van der Waals surface area contributed by atoms with Crippen LogP contribution >= 0.6 is 0 Å². The van der Waals surface area contributed by atoms with E-state index in [2.05, 4.69) is 5.10 Å². The van der Waals surface area contributed by atoms with E-state index in [1.165, 1.54) is 4.68 Å². The molecule has 90 valence electrons. The third-order valence-electron chi connectivity index (χ3n) is 2.44. The molecule has 0 radical (unpaired) electrons. The van der Waals surface area contributed by atoms with Crippen LogP contribution in [0.15, 0.2) is 36.4 Å². The van der Waals surface area contributed by atoms with E-state index in [0.717, 1.165) is 6.07 Å². The molecule has 0 unspecified atom stereocenters. The highest BCUT2D eigenvalue weighted by molar-refractivity contribution is 5.33. The Morgan fingerprint density at radius 3 is 2.35 bits per heavy atom. The van der Waals surface area contributed by atoms with Gasteiger partial charge in [-0.15, -0.1) is 0 Å². The van der Waals surface area contributed by atoms with Gasteiger partial charge in [-0.25, -0.2) is 4.68 Å². The van der Waals surface area contributed by atoms with Gasteiger partial charge in [-0.05, 0) is 24.6 Å². The molecule has 2 nitrogen and oxygen atoms in total. The maximum absolute atomic E-state index is 12.6. The molecule has 1 heterocycles. The van der Waals surface area contributed by atoms with Crippen LogP contribution in [0.1, 0.15) is 18.3 Å². The summed E-state index contributed by atoms with van der Waals surface area (Å²) < 4.78 is 39.0. The fraction of sp³-hybridized carbons (Fsp3) is 0.250. The van der Waals surface area contributed by atoms with Gasteiger partial charge in [0.1, 0.15) is 0 Å². The lowest BCUT2D eigenvalue weighted by atomic mass is 10.2. The number of halogens is 3. The minimum atomic E-state index is -4.40. The van der Waals surface area contributed by atoms with Gasteiger partial charge in [-0.3, -0.25) is 0 Å².